The van der Waals surface area contributed by atoms with Crippen molar-refractivity contribution in [1.82, 2.24) is 10.2 Å². The Balaban J connectivity index is 2.18. The molecule has 0 amide bonds. The van der Waals surface area contributed by atoms with Crippen molar-refractivity contribution in [2.45, 2.75) is 25.8 Å². The van der Waals surface area contributed by atoms with Gasteiger partial charge in [-0.2, -0.15) is 0 Å². The number of rotatable bonds is 3. The predicted molar refractivity (Wildman–Crippen MR) is 43.2 cm³/mol. The van der Waals surface area contributed by atoms with E-state index < -0.39 is 0 Å². The maximum Gasteiger partial charge on any atom is 0.0290 e. The molecule has 59 valence electrons. The number of likely N-dealkylation sites (N-methyl/N-ethyl adjacent to an activating group) is 1. The highest BCUT2D eigenvalue weighted by Crippen LogP contribution is 2.06. The summed E-state index contributed by atoms with van der Waals surface area (Å²) < 4.78 is 0. The molecule has 0 saturated carbocycles. The molecule has 1 rings (SSSR count). The molecular formula is C8H17N2. The summed E-state index contributed by atoms with van der Waals surface area (Å²) in [7, 11) is 2.20. The molecule has 0 spiro atoms. The first-order valence-electron chi connectivity index (χ1n) is 4.18. The summed E-state index contributed by atoms with van der Waals surface area (Å²) in [6, 6.07) is 0.750. The van der Waals surface area contributed by atoms with Crippen molar-refractivity contribution < 1.29 is 0 Å². The summed E-state index contributed by atoms with van der Waals surface area (Å²) in [6.45, 7) is 5.60. The van der Waals surface area contributed by atoms with Crippen molar-refractivity contribution in [2.75, 3.05) is 26.7 Å². The van der Waals surface area contributed by atoms with Gasteiger partial charge in [0.25, 0.3) is 0 Å². The monoisotopic (exact) mass is 141 g/mol. The van der Waals surface area contributed by atoms with Gasteiger partial charge in [-0.1, -0.05) is 6.92 Å². The Morgan fingerprint density at radius 3 is 2.90 bits per heavy atom. The van der Waals surface area contributed by atoms with Gasteiger partial charge in [-0.25, -0.2) is 5.32 Å². The number of hydrogen-bond acceptors (Lipinski definition) is 1. The second-order valence-corrected chi connectivity index (χ2v) is 3.05. The highest BCUT2D eigenvalue weighted by Gasteiger charge is 2.18. The summed E-state index contributed by atoms with van der Waals surface area (Å²) in [5.41, 5.74) is 0. The Morgan fingerprint density at radius 1 is 1.60 bits per heavy atom. The van der Waals surface area contributed by atoms with Crippen LogP contribution in [0.1, 0.15) is 19.8 Å². The molecule has 0 aromatic carbocycles. The van der Waals surface area contributed by atoms with E-state index in [1.54, 1.807) is 0 Å². The molecule has 1 radical (unpaired) electrons. The Labute approximate surface area is 63.6 Å². The third-order valence-electron chi connectivity index (χ3n) is 2.16. The van der Waals surface area contributed by atoms with Gasteiger partial charge in [0.05, 0.1) is 0 Å². The fourth-order valence-corrected chi connectivity index (χ4v) is 1.47. The highest BCUT2D eigenvalue weighted by atomic mass is 15.2. The van der Waals surface area contributed by atoms with Crippen molar-refractivity contribution in [3.05, 3.63) is 0 Å². The van der Waals surface area contributed by atoms with Gasteiger partial charge in [0.15, 0.2) is 0 Å². The second kappa shape index (κ2) is 3.94. The quantitative estimate of drug-likeness (QED) is 0.565. The third kappa shape index (κ3) is 1.96. The van der Waals surface area contributed by atoms with E-state index in [-0.39, 0.29) is 0 Å². The Morgan fingerprint density at radius 2 is 2.40 bits per heavy atom. The minimum Gasteiger partial charge on any atom is -0.302 e. The standard InChI is InChI=1S/C8H17N2/c1-3-6-10(2)8-4-5-9-7-8/h8H,3-7H2,1-2H3. The van der Waals surface area contributed by atoms with Crippen LogP contribution in [0.15, 0.2) is 0 Å². The van der Waals surface area contributed by atoms with Crippen molar-refractivity contribution in [3.8, 4) is 0 Å². The van der Waals surface area contributed by atoms with E-state index >= 15 is 0 Å². The van der Waals surface area contributed by atoms with Gasteiger partial charge in [-0.3, -0.25) is 0 Å². The predicted octanol–water partition coefficient (Wildman–Crippen LogP) is 0.705. The summed E-state index contributed by atoms with van der Waals surface area (Å²) in [5, 5.41) is 4.33. The zero-order valence-corrected chi connectivity index (χ0v) is 7.01. The maximum atomic E-state index is 4.33. The van der Waals surface area contributed by atoms with Crippen LogP contribution in [0, 0.1) is 0 Å². The smallest absolute Gasteiger partial charge is 0.0290 e. The van der Waals surface area contributed by atoms with Gasteiger partial charge in [0, 0.05) is 19.1 Å². The second-order valence-electron chi connectivity index (χ2n) is 3.05. The Hall–Kier alpha value is -0.0800. The lowest BCUT2D eigenvalue weighted by molar-refractivity contribution is 0.257. The molecule has 2 nitrogen and oxygen atoms in total. The van der Waals surface area contributed by atoms with Gasteiger partial charge >= 0.3 is 0 Å². The lowest BCUT2D eigenvalue weighted by atomic mass is 10.2. The van der Waals surface area contributed by atoms with Crippen LogP contribution in [-0.2, 0) is 0 Å². The molecule has 1 heterocycles. The molecular weight excluding hydrogens is 124 g/mol. The fourth-order valence-electron chi connectivity index (χ4n) is 1.47. The van der Waals surface area contributed by atoms with Gasteiger partial charge in [0.2, 0.25) is 0 Å². The first-order chi connectivity index (χ1) is 4.84. The average molecular weight is 141 g/mol. The van der Waals surface area contributed by atoms with Crippen LogP contribution in [0.4, 0.5) is 0 Å². The van der Waals surface area contributed by atoms with E-state index in [4.69, 9.17) is 0 Å². The van der Waals surface area contributed by atoms with Crippen LogP contribution in [0.5, 0.6) is 0 Å². The van der Waals surface area contributed by atoms with E-state index in [1.807, 2.05) is 0 Å². The molecule has 0 bridgehead atoms. The normalized spacial score (nSPS) is 26.1. The molecule has 1 unspecified atom stereocenters. The number of nitrogens with zero attached hydrogens (tertiary/aromatic N) is 2. The minimum atomic E-state index is 0.750. The molecule has 0 aromatic rings. The van der Waals surface area contributed by atoms with E-state index in [2.05, 4.69) is 24.2 Å². The van der Waals surface area contributed by atoms with Crippen LogP contribution in [0.3, 0.4) is 0 Å². The maximum absolute atomic E-state index is 4.33. The molecule has 1 saturated heterocycles. The van der Waals surface area contributed by atoms with E-state index in [0.29, 0.717) is 0 Å². The van der Waals surface area contributed by atoms with Crippen molar-refractivity contribution in [2.24, 2.45) is 0 Å². The van der Waals surface area contributed by atoms with E-state index in [1.165, 1.54) is 19.4 Å². The molecule has 1 atom stereocenters. The van der Waals surface area contributed by atoms with Gasteiger partial charge < -0.3 is 4.90 Å². The zero-order valence-electron chi connectivity index (χ0n) is 7.01. The largest absolute Gasteiger partial charge is 0.302 e. The van der Waals surface area contributed by atoms with Crippen LogP contribution < -0.4 is 5.32 Å². The van der Waals surface area contributed by atoms with Crippen LogP contribution in [0.2, 0.25) is 0 Å². The minimum absolute atomic E-state index is 0.750. The number of hydrogen-bond donors (Lipinski definition) is 0. The Bertz CT molecular complexity index is 87.3. The van der Waals surface area contributed by atoms with E-state index in [9.17, 15) is 0 Å². The van der Waals surface area contributed by atoms with Crippen LogP contribution in [-0.4, -0.2) is 37.6 Å². The van der Waals surface area contributed by atoms with Gasteiger partial charge in [-0.15, -0.1) is 0 Å². The van der Waals surface area contributed by atoms with Crippen molar-refractivity contribution in [3.63, 3.8) is 0 Å². The lowest BCUT2D eigenvalue weighted by Crippen LogP contribution is -2.33. The van der Waals surface area contributed by atoms with E-state index in [0.717, 1.165) is 19.1 Å². The molecule has 2 heteroatoms. The van der Waals surface area contributed by atoms with Gasteiger partial charge in [0.1, 0.15) is 0 Å². The first kappa shape index (κ1) is 8.02. The average Bonchev–Trinajstić information content (AvgIpc) is 2.38. The lowest BCUT2D eigenvalue weighted by Gasteiger charge is -2.21. The zero-order chi connectivity index (χ0) is 7.40. The molecule has 10 heavy (non-hydrogen) atoms. The van der Waals surface area contributed by atoms with Crippen LogP contribution >= 0.6 is 0 Å². The molecule has 1 fully saturated rings. The molecule has 1 aliphatic heterocycles. The topological polar surface area (TPSA) is 17.3 Å². The molecule has 0 N–H and O–H groups in total. The summed E-state index contributed by atoms with van der Waals surface area (Å²) >= 11 is 0. The van der Waals surface area contributed by atoms with Crippen LogP contribution in [0.25, 0.3) is 0 Å². The SMILES string of the molecule is CCCN(C)C1CC[N]C1. The first-order valence-corrected chi connectivity index (χ1v) is 4.18. The Kier molecular flexibility index (Phi) is 3.16. The van der Waals surface area contributed by atoms with Crippen molar-refractivity contribution >= 4 is 0 Å². The summed E-state index contributed by atoms with van der Waals surface area (Å²) in [6.07, 6.45) is 2.53. The molecule has 0 aromatic heterocycles. The molecule has 1 aliphatic rings. The van der Waals surface area contributed by atoms with Crippen molar-refractivity contribution in [1.29, 1.82) is 0 Å². The summed E-state index contributed by atoms with van der Waals surface area (Å²) in [5.74, 6) is 0. The van der Waals surface area contributed by atoms with Gasteiger partial charge in [-0.05, 0) is 26.4 Å². The highest BCUT2D eigenvalue weighted by molar-refractivity contribution is 4.77. The fraction of sp³-hybridized carbons (Fsp3) is 1.00. The third-order valence-corrected chi connectivity index (χ3v) is 2.16. The summed E-state index contributed by atoms with van der Waals surface area (Å²) in [4.78, 5) is 2.43. The molecule has 0 aliphatic carbocycles.